The van der Waals surface area contributed by atoms with Crippen LogP contribution < -0.4 is 29.1 Å². The molecule has 0 saturated carbocycles. The van der Waals surface area contributed by atoms with E-state index in [0.29, 0.717) is 49.0 Å². The molecular formula is C28H30N2O6S. The minimum atomic E-state index is -0.764. The fourth-order valence-electron chi connectivity index (χ4n) is 4.32. The highest BCUT2D eigenvalue weighted by molar-refractivity contribution is 7.07. The first kappa shape index (κ1) is 26.2. The second-order valence-electron chi connectivity index (χ2n) is 8.59. The van der Waals surface area contributed by atoms with Crippen LogP contribution in [0.3, 0.4) is 0 Å². The number of methoxy groups -OCH3 is 2. The molecule has 37 heavy (non-hydrogen) atoms. The van der Waals surface area contributed by atoms with Gasteiger partial charge in [0.25, 0.3) is 5.56 Å². The van der Waals surface area contributed by atoms with Crippen LogP contribution in [0.4, 0.5) is 0 Å². The Bertz CT molecular complexity index is 1530. The van der Waals surface area contributed by atoms with E-state index in [1.165, 1.54) is 11.3 Å². The van der Waals surface area contributed by atoms with Crippen molar-refractivity contribution in [3.8, 4) is 17.2 Å². The van der Waals surface area contributed by atoms with Gasteiger partial charge in [-0.1, -0.05) is 41.7 Å². The molecule has 0 amide bonds. The fourth-order valence-corrected chi connectivity index (χ4v) is 5.36. The van der Waals surface area contributed by atoms with E-state index in [9.17, 15) is 9.59 Å². The summed E-state index contributed by atoms with van der Waals surface area (Å²) >= 11 is 1.24. The van der Waals surface area contributed by atoms with Gasteiger partial charge >= 0.3 is 5.97 Å². The van der Waals surface area contributed by atoms with Crippen LogP contribution in [0.15, 0.2) is 63.5 Å². The van der Waals surface area contributed by atoms with Crippen molar-refractivity contribution in [1.29, 1.82) is 0 Å². The van der Waals surface area contributed by atoms with Crippen molar-refractivity contribution in [1.82, 2.24) is 4.57 Å². The van der Waals surface area contributed by atoms with Crippen LogP contribution in [0, 0.1) is 0 Å². The van der Waals surface area contributed by atoms with Crippen LogP contribution >= 0.6 is 11.3 Å². The summed E-state index contributed by atoms with van der Waals surface area (Å²) in [5, 5.41) is 0. The van der Waals surface area contributed by atoms with Gasteiger partial charge in [-0.2, -0.15) is 0 Å². The minimum absolute atomic E-state index is 0.103. The number of esters is 1. The molecule has 0 bridgehead atoms. The Morgan fingerprint density at radius 1 is 1.11 bits per heavy atom. The van der Waals surface area contributed by atoms with Crippen LogP contribution in [0.5, 0.6) is 17.2 Å². The number of fused-ring (bicyclic) bond motifs is 1. The summed E-state index contributed by atoms with van der Waals surface area (Å²) in [6.45, 7) is 7.56. The minimum Gasteiger partial charge on any atom is -0.493 e. The molecule has 0 aliphatic carbocycles. The molecule has 0 N–H and O–H groups in total. The van der Waals surface area contributed by atoms with Gasteiger partial charge in [0, 0.05) is 11.1 Å². The van der Waals surface area contributed by atoms with E-state index in [1.54, 1.807) is 44.8 Å². The molecule has 1 aliphatic heterocycles. The first-order valence-corrected chi connectivity index (χ1v) is 12.8. The number of ether oxygens (including phenoxy) is 4. The number of hydrogen-bond donors (Lipinski definition) is 0. The van der Waals surface area contributed by atoms with Gasteiger partial charge in [-0.05, 0) is 45.9 Å². The van der Waals surface area contributed by atoms with Gasteiger partial charge in [0.05, 0.1) is 42.7 Å². The molecule has 1 aliphatic rings. The maximum absolute atomic E-state index is 13.9. The highest BCUT2D eigenvalue weighted by atomic mass is 32.1. The lowest BCUT2D eigenvalue weighted by Crippen LogP contribution is -2.40. The number of rotatable bonds is 8. The van der Waals surface area contributed by atoms with Crippen LogP contribution in [-0.2, 0) is 9.53 Å². The largest absolute Gasteiger partial charge is 0.493 e. The fraction of sp³-hybridized carbons (Fsp3) is 0.321. The molecule has 194 valence electrons. The van der Waals surface area contributed by atoms with Crippen molar-refractivity contribution in [2.24, 2.45) is 4.99 Å². The number of aromatic nitrogens is 1. The third kappa shape index (κ3) is 5.04. The maximum Gasteiger partial charge on any atom is 0.338 e. The van der Waals surface area contributed by atoms with Crippen LogP contribution in [0.2, 0.25) is 0 Å². The molecule has 0 saturated heterocycles. The Morgan fingerprint density at radius 2 is 1.84 bits per heavy atom. The number of thiazole rings is 1. The second kappa shape index (κ2) is 11.0. The van der Waals surface area contributed by atoms with E-state index >= 15 is 0 Å². The number of nitrogens with zero attached hydrogens (tertiary/aromatic N) is 2. The van der Waals surface area contributed by atoms with E-state index in [2.05, 4.69) is 4.99 Å². The Hall–Kier alpha value is -3.85. The Morgan fingerprint density at radius 3 is 2.51 bits per heavy atom. The molecule has 2 heterocycles. The molecule has 1 atom stereocenters. The third-order valence-electron chi connectivity index (χ3n) is 5.81. The summed E-state index contributed by atoms with van der Waals surface area (Å²) in [4.78, 5) is 32.2. The lowest BCUT2D eigenvalue weighted by molar-refractivity contribution is -0.139. The van der Waals surface area contributed by atoms with E-state index < -0.39 is 12.0 Å². The summed E-state index contributed by atoms with van der Waals surface area (Å²) < 4.78 is 24.4. The standard InChI is InChI=1S/C28H30N2O6S/c1-7-35-27(32)23-17(4)29-28-30(24(23)19-12-8-9-13-20(19)36-16(2)3)26(31)22(37-28)15-18-11-10-14-21(33-5)25(18)34-6/h8-16,24H,7H2,1-6H3/b22-15-. The SMILES string of the molecule is CCOC(=O)C1=C(C)N=c2s/c(=C\c3cccc(OC)c3OC)c(=O)n2C1c1ccccc1OC(C)C. The van der Waals surface area contributed by atoms with E-state index in [4.69, 9.17) is 18.9 Å². The molecule has 9 heteroatoms. The predicted octanol–water partition coefficient (Wildman–Crippen LogP) is 3.60. The van der Waals surface area contributed by atoms with E-state index in [-0.39, 0.29) is 18.3 Å². The van der Waals surface area contributed by atoms with Gasteiger partial charge in [-0.15, -0.1) is 0 Å². The number of allylic oxidation sites excluding steroid dienone is 1. The average Bonchev–Trinajstić information content (AvgIpc) is 3.17. The molecular weight excluding hydrogens is 492 g/mol. The Balaban J connectivity index is 2.00. The quantitative estimate of drug-likeness (QED) is 0.420. The molecule has 1 unspecified atom stereocenters. The number of para-hydroxylation sites is 2. The van der Waals surface area contributed by atoms with Crippen molar-refractivity contribution in [2.45, 2.75) is 39.8 Å². The summed E-state index contributed by atoms with van der Waals surface area (Å²) in [5.74, 6) is 1.15. The van der Waals surface area contributed by atoms with Crippen molar-refractivity contribution in [3.63, 3.8) is 0 Å². The van der Waals surface area contributed by atoms with Gasteiger partial charge in [0.1, 0.15) is 11.8 Å². The summed E-state index contributed by atoms with van der Waals surface area (Å²) in [6.07, 6.45) is 1.65. The molecule has 3 aromatic rings. The third-order valence-corrected chi connectivity index (χ3v) is 6.80. The predicted molar refractivity (Wildman–Crippen MR) is 142 cm³/mol. The first-order valence-electron chi connectivity index (χ1n) is 12.0. The zero-order valence-corrected chi connectivity index (χ0v) is 22.5. The number of carbonyl (C=O) groups excluding carboxylic acids is 1. The van der Waals surface area contributed by atoms with Crippen molar-refractivity contribution in [3.05, 3.63) is 84.5 Å². The van der Waals surface area contributed by atoms with Crippen molar-refractivity contribution >= 4 is 23.4 Å². The van der Waals surface area contributed by atoms with Gasteiger partial charge in [-0.25, -0.2) is 9.79 Å². The molecule has 0 spiro atoms. The van der Waals surface area contributed by atoms with Crippen LogP contribution in [0.1, 0.15) is 44.9 Å². The van der Waals surface area contributed by atoms with E-state index in [0.717, 1.165) is 0 Å². The molecule has 2 aromatic carbocycles. The Kier molecular flexibility index (Phi) is 7.83. The molecule has 4 rings (SSSR count). The summed E-state index contributed by atoms with van der Waals surface area (Å²) in [5.41, 5.74) is 1.88. The molecule has 0 fully saturated rings. The topological polar surface area (TPSA) is 88.4 Å². The lowest BCUT2D eigenvalue weighted by atomic mass is 9.95. The average molecular weight is 523 g/mol. The highest BCUT2D eigenvalue weighted by Crippen LogP contribution is 2.36. The first-order chi connectivity index (χ1) is 17.8. The summed E-state index contributed by atoms with van der Waals surface area (Å²) in [6, 6.07) is 12.1. The van der Waals surface area contributed by atoms with Crippen LogP contribution in [-0.4, -0.2) is 37.5 Å². The Labute approximate surface area is 219 Å². The van der Waals surface area contributed by atoms with Gasteiger partial charge in [0.2, 0.25) is 0 Å². The number of hydrogen-bond acceptors (Lipinski definition) is 8. The number of benzene rings is 2. The normalized spacial score (nSPS) is 15.3. The van der Waals surface area contributed by atoms with E-state index in [1.807, 2.05) is 50.2 Å². The van der Waals surface area contributed by atoms with Gasteiger partial charge < -0.3 is 18.9 Å². The zero-order chi connectivity index (χ0) is 26.7. The molecule has 1 aromatic heterocycles. The second-order valence-corrected chi connectivity index (χ2v) is 9.60. The molecule has 0 radical (unpaired) electrons. The monoisotopic (exact) mass is 522 g/mol. The van der Waals surface area contributed by atoms with Crippen molar-refractivity contribution < 1.29 is 23.7 Å². The summed E-state index contributed by atoms with van der Waals surface area (Å²) in [7, 11) is 3.11. The highest BCUT2D eigenvalue weighted by Gasteiger charge is 2.35. The maximum atomic E-state index is 13.9. The lowest BCUT2D eigenvalue weighted by Gasteiger charge is -2.26. The van der Waals surface area contributed by atoms with Crippen molar-refractivity contribution in [2.75, 3.05) is 20.8 Å². The van der Waals surface area contributed by atoms with Gasteiger partial charge in [-0.3, -0.25) is 9.36 Å². The van der Waals surface area contributed by atoms with Crippen LogP contribution in [0.25, 0.3) is 6.08 Å². The smallest absolute Gasteiger partial charge is 0.338 e. The zero-order valence-electron chi connectivity index (χ0n) is 21.7. The molecule has 8 nitrogen and oxygen atoms in total. The number of carbonyl (C=O) groups is 1. The van der Waals surface area contributed by atoms with Gasteiger partial charge in [0.15, 0.2) is 16.3 Å².